The number of nitrogens with zero attached hydrogens (tertiary/aromatic N) is 3. The fourth-order valence-corrected chi connectivity index (χ4v) is 3.13. The summed E-state index contributed by atoms with van der Waals surface area (Å²) in [6, 6.07) is 0.624. The van der Waals surface area contributed by atoms with Crippen LogP contribution >= 0.6 is 0 Å². The quantitative estimate of drug-likeness (QED) is 0.792. The van der Waals surface area contributed by atoms with Crippen molar-refractivity contribution in [1.82, 2.24) is 15.3 Å². The summed E-state index contributed by atoms with van der Waals surface area (Å²) in [5, 5.41) is 3.51. The highest BCUT2D eigenvalue weighted by Gasteiger charge is 2.36. The molecule has 0 aromatic carbocycles. The molecule has 1 aromatic rings. The lowest BCUT2D eigenvalue weighted by Crippen LogP contribution is -2.46. The third-order valence-corrected chi connectivity index (χ3v) is 4.00. The van der Waals surface area contributed by atoms with Gasteiger partial charge in [-0.05, 0) is 32.6 Å². The van der Waals surface area contributed by atoms with Gasteiger partial charge in [-0.3, -0.25) is 4.98 Å². The standard InChI is InChI=1S/C13H20N4/c1-9-6-15-10(2)13(16-9)17-5-3-4-11-7-14-8-12(11)17/h6,11-12,14H,3-5,7-8H2,1-2H3. The summed E-state index contributed by atoms with van der Waals surface area (Å²) in [6.45, 7) is 7.47. The van der Waals surface area contributed by atoms with Crippen LogP contribution in [0.3, 0.4) is 0 Å². The SMILES string of the molecule is Cc1cnc(C)c(N2CCCC3CNCC32)n1. The fraction of sp³-hybridized carbons (Fsp3) is 0.692. The molecule has 0 bridgehead atoms. The molecule has 0 amide bonds. The highest BCUT2D eigenvalue weighted by molar-refractivity contribution is 5.45. The van der Waals surface area contributed by atoms with Gasteiger partial charge >= 0.3 is 0 Å². The van der Waals surface area contributed by atoms with E-state index in [-0.39, 0.29) is 0 Å². The molecule has 2 saturated heterocycles. The minimum absolute atomic E-state index is 0.624. The van der Waals surface area contributed by atoms with Crippen LogP contribution in [0.1, 0.15) is 24.2 Å². The van der Waals surface area contributed by atoms with E-state index in [1.54, 1.807) is 0 Å². The van der Waals surface area contributed by atoms with E-state index >= 15 is 0 Å². The summed E-state index contributed by atoms with van der Waals surface area (Å²) in [5.41, 5.74) is 2.07. The van der Waals surface area contributed by atoms with E-state index in [1.165, 1.54) is 19.4 Å². The predicted octanol–water partition coefficient (Wildman–Crippen LogP) is 1.28. The van der Waals surface area contributed by atoms with E-state index in [4.69, 9.17) is 4.98 Å². The lowest BCUT2D eigenvalue weighted by Gasteiger charge is -2.38. The lowest BCUT2D eigenvalue weighted by atomic mass is 9.92. The van der Waals surface area contributed by atoms with Crippen LogP contribution in [-0.2, 0) is 0 Å². The predicted molar refractivity (Wildman–Crippen MR) is 68.2 cm³/mol. The Hall–Kier alpha value is -1.16. The van der Waals surface area contributed by atoms with Gasteiger partial charge in [-0.2, -0.15) is 0 Å². The maximum atomic E-state index is 4.69. The first kappa shape index (κ1) is 11.0. The largest absolute Gasteiger partial charge is 0.351 e. The van der Waals surface area contributed by atoms with Crippen molar-refractivity contribution in [2.75, 3.05) is 24.5 Å². The molecule has 2 aliphatic rings. The van der Waals surface area contributed by atoms with Crippen molar-refractivity contribution >= 4 is 5.82 Å². The van der Waals surface area contributed by atoms with E-state index in [2.05, 4.69) is 22.1 Å². The van der Waals surface area contributed by atoms with Crippen LogP contribution in [-0.4, -0.2) is 35.6 Å². The zero-order valence-electron chi connectivity index (χ0n) is 10.6. The topological polar surface area (TPSA) is 41.1 Å². The molecule has 2 atom stereocenters. The van der Waals surface area contributed by atoms with E-state index in [1.807, 2.05) is 13.1 Å². The Morgan fingerprint density at radius 2 is 2.24 bits per heavy atom. The summed E-state index contributed by atoms with van der Waals surface area (Å²) in [6.07, 6.45) is 4.48. The van der Waals surface area contributed by atoms with E-state index in [0.717, 1.165) is 36.2 Å². The fourth-order valence-electron chi connectivity index (χ4n) is 3.13. The number of hydrogen-bond acceptors (Lipinski definition) is 4. The van der Waals surface area contributed by atoms with Gasteiger partial charge in [-0.25, -0.2) is 4.98 Å². The number of nitrogens with one attached hydrogen (secondary N) is 1. The summed E-state index contributed by atoms with van der Waals surface area (Å²) in [7, 11) is 0. The number of piperidine rings is 1. The molecule has 92 valence electrons. The lowest BCUT2D eigenvalue weighted by molar-refractivity contribution is 0.382. The summed E-state index contributed by atoms with van der Waals surface area (Å²) in [5.74, 6) is 1.90. The first-order valence-electron chi connectivity index (χ1n) is 6.53. The van der Waals surface area contributed by atoms with Crippen LogP contribution in [0.5, 0.6) is 0 Å². The summed E-state index contributed by atoms with van der Waals surface area (Å²) in [4.78, 5) is 11.6. The number of fused-ring (bicyclic) bond motifs is 1. The van der Waals surface area contributed by atoms with Gasteiger partial charge in [-0.1, -0.05) is 0 Å². The van der Waals surface area contributed by atoms with Crippen LogP contribution < -0.4 is 10.2 Å². The molecule has 4 nitrogen and oxygen atoms in total. The van der Waals surface area contributed by atoms with Crippen molar-refractivity contribution in [1.29, 1.82) is 0 Å². The molecule has 1 N–H and O–H groups in total. The third kappa shape index (κ3) is 1.90. The number of rotatable bonds is 1. The van der Waals surface area contributed by atoms with Gasteiger partial charge in [0, 0.05) is 31.9 Å². The first-order chi connectivity index (χ1) is 8.25. The molecule has 4 heteroatoms. The van der Waals surface area contributed by atoms with Gasteiger partial charge in [0.25, 0.3) is 0 Å². The zero-order valence-corrected chi connectivity index (χ0v) is 10.6. The summed E-state index contributed by atoms with van der Waals surface area (Å²) >= 11 is 0. The van der Waals surface area contributed by atoms with Crippen molar-refractivity contribution in [3.63, 3.8) is 0 Å². The van der Waals surface area contributed by atoms with Crippen molar-refractivity contribution in [2.45, 2.75) is 32.7 Å². The minimum Gasteiger partial charge on any atom is -0.351 e. The first-order valence-corrected chi connectivity index (χ1v) is 6.53. The second-order valence-corrected chi connectivity index (χ2v) is 5.24. The highest BCUT2D eigenvalue weighted by Crippen LogP contribution is 2.30. The van der Waals surface area contributed by atoms with Crippen LogP contribution in [0.4, 0.5) is 5.82 Å². The van der Waals surface area contributed by atoms with Gasteiger partial charge in [0.05, 0.1) is 11.4 Å². The minimum atomic E-state index is 0.624. The molecule has 3 heterocycles. The molecule has 3 rings (SSSR count). The molecule has 0 saturated carbocycles. The van der Waals surface area contributed by atoms with Crippen LogP contribution in [0.25, 0.3) is 0 Å². The molecule has 0 radical (unpaired) electrons. The van der Waals surface area contributed by atoms with E-state index in [9.17, 15) is 0 Å². The Kier molecular flexibility index (Phi) is 2.74. The molecule has 17 heavy (non-hydrogen) atoms. The van der Waals surface area contributed by atoms with Crippen LogP contribution in [0, 0.1) is 19.8 Å². The normalized spacial score (nSPS) is 28.2. The molecule has 1 aromatic heterocycles. The average Bonchev–Trinajstić information content (AvgIpc) is 2.80. The smallest absolute Gasteiger partial charge is 0.150 e. The number of aryl methyl sites for hydroxylation is 2. The number of anilines is 1. The van der Waals surface area contributed by atoms with Gasteiger partial charge in [0.15, 0.2) is 5.82 Å². The van der Waals surface area contributed by atoms with Gasteiger partial charge in [-0.15, -0.1) is 0 Å². The molecule has 2 fully saturated rings. The third-order valence-electron chi connectivity index (χ3n) is 4.00. The molecule has 2 aliphatic heterocycles. The van der Waals surface area contributed by atoms with Crippen molar-refractivity contribution in [3.8, 4) is 0 Å². The Bertz CT molecular complexity index is 418. The number of aromatic nitrogens is 2. The Balaban J connectivity index is 1.94. The molecular weight excluding hydrogens is 212 g/mol. The van der Waals surface area contributed by atoms with E-state index in [0.29, 0.717) is 6.04 Å². The maximum Gasteiger partial charge on any atom is 0.150 e. The highest BCUT2D eigenvalue weighted by atomic mass is 15.3. The second-order valence-electron chi connectivity index (χ2n) is 5.24. The van der Waals surface area contributed by atoms with Crippen LogP contribution in [0.2, 0.25) is 0 Å². The average molecular weight is 232 g/mol. The monoisotopic (exact) mass is 232 g/mol. The van der Waals surface area contributed by atoms with E-state index < -0.39 is 0 Å². The van der Waals surface area contributed by atoms with Crippen molar-refractivity contribution in [3.05, 3.63) is 17.6 Å². The Morgan fingerprint density at radius 3 is 3.12 bits per heavy atom. The molecule has 2 unspecified atom stereocenters. The molecular formula is C13H20N4. The van der Waals surface area contributed by atoms with Crippen LogP contribution in [0.15, 0.2) is 6.20 Å². The summed E-state index contributed by atoms with van der Waals surface area (Å²) < 4.78 is 0. The molecule has 0 aliphatic carbocycles. The van der Waals surface area contributed by atoms with Gasteiger partial charge < -0.3 is 10.2 Å². The molecule has 0 spiro atoms. The number of hydrogen-bond donors (Lipinski definition) is 1. The van der Waals surface area contributed by atoms with Crippen molar-refractivity contribution < 1.29 is 0 Å². The Labute approximate surface area is 102 Å². The van der Waals surface area contributed by atoms with Gasteiger partial charge in [0.1, 0.15) is 0 Å². The second kappa shape index (κ2) is 4.26. The van der Waals surface area contributed by atoms with Crippen molar-refractivity contribution in [2.24, 2.45) is 5.92 Å². The zero-order chi connectivity index (χ0) is 11.8. The van der Waals surface area contributed by atoms with Gasteiger partial charge in [0.2, 0.25) is 0 Å². The maximum absolute atomic E-state index is 4.69. The Morgan fingerprint density at radius 1 is 1.35 bits per heavy atom.